The molecule has 0 heterocycles. The minimum atomic E-state index is -4.68. The van der Waals surface area contributed by atoms with Gasteiger partial charge in [0.25, 0.3) is 0 Å². The molecule has 0 aliphatic carbocycles. The van der Waals surface area contributed by atoms with Crippen LogP contribution in [0.3, 0.4) is 0 Å². The zero-order valence-electron chi connectivity index (χ0n) is 10.9. The lowest BCUT2D eigenvalue weighted by Crippen LogP contribution is -2.04. The Bertz CT molecular complexity index is 725. The van der Waals surface area contributed by atoms with Crippen molar-refractivity contribution in [2.75, 3.05) is 0 Å². The fourth-order valence-corrected chi connectivity index (χ4v) is 1.62. The quantitative estimate of drug-likeness (QED) is 0.817. The fraction of sp³-hybridized carbons (Fsp3) is 0.0714. The molecule has 0 saturated heterocycles. The highest BCUT2D eigenvalue weighted by atomic mass is 19.4. The summed E-state index contributed by atoms with van der Waals surface area (Å²) in [4.78, 5) is 10.7. The van der Waals surface area contributed by atoms with Gasteiger partial charge in [0.15, 0.2) is 0 Å². The van der Waals surface area contributed by atoms with E-state index < -0.39 is 29.1 Å². The molecule has 0 saturated carbocycles. The van der Waals surface area contributed by atoms with Crippen molar-refractivity contribution in [1.82, 2.24) is 0 Å². The SMILES string of the molecule is O=C(O)c1ccc(N=Nc2ccc(O)cc2C(F)(F)F)cc1. The van der Waals surface area contributed by atoms with E-state index in [1.165, 1.54) is 24.3 Å². The number of halogens is 3. The average molecular weight is 310 g/mol. The first-order chi connectivity index (χ1) is 10.3. The molecule has 0 atom stereocenters. The Morgan fingerprint density at radius 1 is 1.00 bits per heavy atom. The van der Waals surface area contributed by atoms with Crippen molar-refractivity contribution in [3.05, 3.63) is 53.6 Å². The van der Waals surface area contributed by atoms with Crippen LogP contribution in [-0.2, 0) is 6.18 Å². The van der Waals surface area contributed by atoms with Crippen molar-refractivity contribution >= 4 is 17.3 Å². The molecule has 0 aliphatic heterocycles. The van der Waals surface area contributed by atoms with Crippen LogP contribution in [-0.4, -0.2) is 16.2 Å². The first-order valence-electron chi connectivity index (χ1n) is 5.92. The molecular formula is C14H9F3N2O3. The molecule has 114 valence electrons. The van der Waals surface area contributed by atoms with Gasteiger partial charge in [0.2, 0.25) is 0 Å². The minimum Gasteiger partial charge on any atom is -0.508 e. The lowest BCUT2D eigenvalue weighted by atomic mass is 10.1. The van der Waals surface area contributed by atoms with E-state index in [1.54, 1.807) is 0 Å². The molecule has 0 aliphatic rings. The number of nitrogens with zero attached hydrogens (tertiary/aromatic N) is 2. The highest BCUT2D eigenvalue weighted by molar-refractivity contribution is 5.87. The lowest BCUT2D eigenvalue weighted by molar-refractivity contribution is -0.137. The Balaban J connectivity index is 2.32. The summed E-state index contributed by atoms with van der Waals surface area (Å²) in [6.45, 7) is 0. The molecule has 8 heteroatoms. The van der Waals surface area contributed by atoms with Gasteiger partial charge >= 0.3 is 12.1 Å². The second-order valence-corrected chi connectivity index (χ2v) is 4.25. The smallest absolute Gasteiger partial charge is 0.418 e. The number of carboxylic acid groups (broad SMARTS) is 1. The number of phenols is 1. The predicted molar refractivity (Wildman–Crippen MR) is 70.7 cm³/mol. The zero-order valence-corrected chi connectivity index (χ0v) is 10.9. The van der Waals surface area contributed by atoms with E-state index in [-0.39, 0.29) is 11.3 Å². The summed E-state index contributed by atoms with van der Waals surface area (Å²) in [5, 5.41) is 25.0. The van der Waals surface area contributed by atoms with Gasteiger partial charge in [-0.25, -0.2) is 4.79 Å². The van der Waals surface area contributed by atoms with Crippen LogP contribution in [0.4, 0.5) is 24.5 Å². The minimum absolute atomic E-state index is 0.0274. The largest absolute Gasteiger partial charge is 0.508 e. The van der Waals surface area contributed by atoms with Crippen LogP contribution in [0.2, 0.25) is 0 Å². The van der Waals surface area contributed by atoms with Crippen LogP contribution in [0.25, 0.3) is 0 Å². The second-order valence-electron chi connectivity index (χ2n) is 4.25. The summed E-state index contributed by atoms with van der Waals surface area (Å²) >= 11 is 0. The Hall–Kier alpha value is -2.90. The van der Waals surface area contributed by atoms with E-state index in [9.17, 15) is 18.0 Å². The molecule has 2 rings (SSSR count). The van der Waals surface area contributed by atoms with Crippen LogP contribution in [0, 0.1) is 0 Å². The van der Waals surface area contributed by atoms with Gasteiger partial charge in [-0.2, -0.15) is 18.3 Å². The zero-order chi connectivity index (χ0) is 16.3. The van der Waals surface area contributed by atoms with Gasteiger partial charge < -0.3 is 10.2 Å². The molecule has 0 bridgehead atoms. The molecule has 0 unspecified atom stereocenters. The van der Waals surface area contributed by atoms with Crippen LogP contribution >= 0.6 is 0 Å². The van der Waals surface area contributed by atoms with E-state index in [4.69, 9.17) is 10.2 Å². The molecule has 0 aromatic heterocycles. The molecular weight excluding hydrogens is 301 g/mol. The first-order valence-corrected chi connectivity index (χ1v) is 5.92. The predicted octanol–water partition coefficient (Wildman–Crippen LogP) is 4.52. The van der Waals surface area contributed by atoms with E-state index >= 15 is 0 Å². The van der Waals surface area contributed by atoms with Gasteiger partial charge in [0.05, 0.1) is 22.5 Å². The number of hydrogen-bond acceptors (Lipinski definition) is 4. The van der Waals surface area contributed by atoms with Gasteiger partial charge in [0.1, 0.15) is 5.75 Å². The lowest BCUT2D eigenvalue weighted by Gasteiger charge is -2.09. The van der Waals surface area contributed by atoms with Gasteiger partial charge in [-0.05, 0) is 42.5 Å². The van der Waals surface area contributed by atoms with Crippen molar-refractivity contribution in [3.63, 3.8) is 0 Å². The van der Waals surface area contributed by atoms with Crippen molar-refractivity contribution in [2.24, 2.45) is 10.2 Å². The summed E-state index contributed by atoms with van der Waals surface area (Å²) in [7, 11) is 0. The Morgan fingerprint density at radius 3 is 2.18 bits per heavy atom. The molecule has 2 N–H and O–H groups in total. The van der Waals surface area contributed by atoms with Crippen molar-refractivity contribution < 1.29 is 28.2 Å². The van der Waals surface area contributed by atoms with E-state index in [0.29, 0.717) is 6.07 Å². The standard InChI is InChI=1S/C14H9F3N2O3/c15-14(16,17)11-7-10(20)5-6-12(11)19-18-9-3-1-8(2-4-9)13(21)22/h1-7,20H,(H,21,22). The Morgan fingerprint density at radius 2 is 1.64 bits per heavy atom. The number of aromatic hydroxyl groups is 1. The monoisotopic (exact) mass is 310 g/mol. The highest BCUT2D eigenvalue weighted by Crippen LogP contribution is 2.38. The number of rotatable bonds is 3. The number of aromatic carboxylic acids is 1. The number of benzene rings is 2. The molecule has 0 amide bonds. The maximum Gasteiger partial charge on any atom is 0.418 e. The topological polar surface area (TPSA) is 82.2 Å². The highest BCUT2D eigenvalue weighted by Gasteiger charge is 2.34. The number of alkyl halides is 3. The van der Waals surface area contributed by atoms with E-state index in [2.05, 4.69) is 10.2 Å². The average Bonchev–Trinajstić information content (AvgIpc) is 2.45. The van der Waals surface area contributed by atoms with Crippen molar-refractivity contribution in [1.29, 1.82) is 0 Å². The molecule has 2 aromatic carbocycles. The summed E-state index contributed by atoms with van der Waals surface area (Å²) in [5.41, 5.74) is -1.34. The van der Waals surface area contributed by atoms with E-state index in [1.807, 2.05) is 0 Å². The summed E-state index contributed by atoms with van der Waals surface area (Å²) in [6, 6.07) is 7.78. The van der Waals surface area contributed by atoms with Crippen molar-refractivity contribution in [3.8, 4) is 5.75 Å². The Labute approximate surface area is 122 Å². The molecule has 0 fully saturated rings. The summed E-state index contributed by atoms with van der Waals surface area (Å²) in [5.74, 6) is -1.65. The first kappa shape index (κ1) is 15.5. The molecule has 2 aromatic rings. The van der Waals surface area contributed by atoms with E-state index in [0.717, 1.165) is 12.1 Å². The maximum absolute atomic E-state index is 12.8. The maximum atomic E-state index is 12.8. The number of azo groups is 1. The molecule has 0 radical (unpaired) electrons. The fourth-order valence-electron chi connectivity index (χ4n) is 1.62. The number of carbonyl (C=O) groups is 1. The van der Waals surface area contributed by atoms with Gasteiger partial charge in [-0.1, -0.05) is 0 Å². The van der Waals surface area contributed by atoms with Gasteiger partial charge in [-0.15, -0.1) is 5.11 Å². The molecule has 22 heavy (non-hydrogen) atoms. The molecule has 0 spiro atoms. The summed E-state index contributed by atoms with van der Waals surface area (Å²) in [6.07, 6.45) is -4.68. The molecule has 5 nitrogen and oxygen atoms in total. The van der Waals surface area contributed by atoms with Crippen LogP contribution in [0.5, 0.6) is 5.75 Å². The number of phenolic OH excluding ortho intramolecular Hbond substituents is 1. The van der Waals surface area contributed by atoms with Crippen LogP contribution in [0.1, 0.15) is 15.9 Å². The third-order valence-electron chi connectivity index (χ3n) is 2.67. The number of hydrogen-bond donors (Lipinski definition) is 2. The normalized spacial score (nSPS) is 11.8. The van der Waals surface area contributed by atoms with Gasteiger partial charge in [0, 0.05) is 0 Å². The number of carboxylic acids is 1. The van der Waals surface area contributed by atoms with Crippen LogP contribution < -0.4 is 0 Å². The second kappa shape index (κ2) is 5.84. The Kier molecular flexibility index (Phi) is 4.11. The van der Waals surface area contributed by atoms with Crippen LogP contribution in [0.15, 0.2) is 52.7 Å². The summed E-state index contributed by atoms with van der Waals surface area (Å²) < 4.78 is 38.5. The third-order valence-corrected chi connectivity index (χ3v) is 2.67. The van der Waals surface area contributed by atoms with Crippen molar-refractivity contribution in [2.45, 2.75) is 6.18 Å². The van der Waals surface area contributed by atoms with Gasteiger partial charge in [-0.3, -0.25) is 0 Å². The third kappa shape index (κ3) is 3.60.